The first-order chi connectivity index (χ1) is 22.4. The molecule has 2 saturated heterocycles. The van der Waals surface area contributed by atoms with Gasteiger partial charge in [0.25, 0.3) is 0 Å². The number of carbonyl (C=O) groups is 8. The summed E-state index contributed by atoms with van der Waals surface area (Å²) in [7, 11) is 0. The third-order valence-electron chi connectivity index (χ3n) is 6.53. The van der Waals surface area contributed by atoms with Gasteiger partial charge in [0.05, 0.1) is 0 Å². The van der Waals surface area contributed by atoms with Gasteiger partial charge in [-0.1, -0.05) is 0 Å². The zero-order valence-corrected chi connectivity index (χ0v) is 27.8. The van der Waals surface area contributed by atoms with Gasteiger partial charge >= 0.3 is 47.8 Å². The highest BCUT2D eigenvalue weighted by Crippen LogP contribution is 2.40. The molecule has 0 aromatic heterocycles. The number of esters is 8. The second-order valence-electron chi connectivity index (χ2n) is 10.7. The van der Waals surface area contributed by atoms with Gasteiger partial charge in [-0.15, -0.1) is 0 Å². The van der Waals surface area contributed by atoms with Crippen molar-refractivity contribution >= 4 is 47.8 Å². The summed E-state index contributed by atoms with van der Waals surface area (Å²) in [5, 5.41) is 0. The molecule has 0 N–H and O–H groups in total. The van der Waals surface area contributed by atoms with Gasteiger partial charge < -0.3 is 47.4 Å². The summed E-state index contributed by atoms with van der Waals surface area (Å²) in [6.07, 6.45) is -11.8. The van der Waals surface area contributed by atoms with Crippen LogP contribution in [0.5, 0.6) is 0 Å². The minimum atomic E-state index is -1.48. The lowest BCUT2D eigenvalue weighted by Gasteiger charge is -2.46. The molecular weight excluding hydrogens is 648 g/mol. The Labute approximate surface area is 276 Å². The zero-order chi connectivity index (χ0) is 36.3. The van der Waals surface area contributed by atoms with Gasteiger partial charge in [-0.2, -0.15) is 0 Å². The Morgan fingerprint density at radius 1 is 0.417 bits per heavy atom. The Kier molecular flexibility index (Phi) is 15.2. The molecule has 2 radical (unpaired) electrons. The summed E-state index contributed by atoms with van der Waals surface area (Å²) >= 11 is 0. The maximum atomic E-state index is 12.2. The highest BCUT2D eigenvalue weighted by molar-refractivity contribution is 5.70. The van der Waals surface area contributed by atoms with Crippen molar-refractivity contribution in [2.24, 2.45) is 0 Å². The van der Waals surface area contributed by atoms with E-state index >= 15 is 0 Å². The minimum absolute atomic E-state index is 0.0719. The molecular formula is C30H40O18. The molecule has 0 aromatic carbocycles. The molecule has 18 nitrogen and oxygen atoms in total. The third-order valence-corrected chi connectivity index (χ3v) is 6.53. The van der Waals surface area contributed by atoms with E-state index in [9.17, 15) is 38.4 Å². The molecule has 2 heterocycles. The van der Waals surface area contributed by atoms with Crippen LogP contribution in [0.25, 0.3) is 0 Å². The topological polar surface area (TPSA) is 229 Å². The molecule has 0 amide bonds. The molecule has 48 heavy (non-hydrogen) atoms. The highest BCUT2D eigenvalue weighted by Gasteiger charge is 2.55. The van der Waals surface area contributed by atoms with Crippen molar-refractivity contribution in [2.75, 3.05) is 13.2 Å². The van der Waals surface area contributed by atoms with Crippen LogP contribution < -0.4 is 0 Å². The molecule has 0 unspecified atom stereocenters. The van der Waals surface area contributed by atoms with Gasteiger partial charge in [0.2, 0.25) is 0 Å². The minimum Gasteiger partial charge on any atom is -0.463 e. The quantitative estimate of drug-likeness (QED) is 0.188. The van der Waals surface area contributed by atoms with Gasteiger partial charge in [0.15, 0.2) is 36.6 Å². The third kappa shape index (κ3) is 12.4. The van der Waals surface area contributed by atoms with Gasteiger partial charge in [-0.05, 0) is 12.8 Å². The van der Waals surface area contributed by atoms with E-state index in [0.29, 0.717) is 0 Å². The predicted octanol–water partition coefficient (Wildman–Crippen LogP) is 0.345. The van der Waals surface area contributed by atoms with E-state index in [0.717, 1.165) is 55.4 Å². The maximum absolute atomic E-state index is 12.2. The second-order valence-corrected chi connectivity index (χ2v) is 10.7. The van der Waals surface area contributed by atoms with Crippen molar-refractivity contribution in [3.8, 4) is 0 Å². The molecule has 0 aliphatic carbocycles. The Morgan fingerprint density at radius 2 is 0.688 bits per heavy atom. The average molecular weight is 689 g/mol. The number of carbonyl (C=O) groups excluding carboxylic acids is 8. The molecule has 2 fully saturated rings. The first-order valence-corrected chi connectivity index (χ1v) is 14.7. The molecule has 0 saturated carbocycles. The van der Waals surface area contributed by atoms with Crippen molar-refractivity contribution in [2.45, 2.75) is 117 Å². The lowest BCUT2D eigenvalue weighted by Crippen LogP contribution is -2.60. The van der Waals surface area contributed by atoms with Crippen LogP contribution in [-0.4, -0.2) is 110 Å². The lowest BCUT2D eigenvalue weighted by atomic mass is 9.88. The molecule has 0 spiro atoms. The van der Waals surface area contributed by atoms with Crippen molar-refractivity contribution in [3.63, 3.8) is 0 Å². The molecule has 18 heteroatoms. The summed E-state index contributed by atoms with van der Waals surface area (Å²) in [6, 6.07) is 0. The number of hydrogen-bond donors (Lipinski definition) is 0. The molecule has 8 atom stereocenters. The molecule has 2 aliphatic rings. The Balaban J connectivity index is 2.57. The Hall–Kier alpha value is -4.32. The molecule has 2 rings (SSSR count). The van der Waals surface area contributed by atoms with Crippen LogP contribution in [0, 0.1) is 12.2 Å². The van der Waals surface area contributed by atoms with E-state index in [1.165, 1.54) is 0 Å². The molecule has 268 valence electrons. The normalized spacial score (nSPS) is 27.4. The van der Waals surface area contributed by atoms with Crippen LogP contribution in [-0.2, 0) is 85.7 Å². The zero-order valence-electron chi connectivity index (χ0n) is 27.8. The Morgan fingerprint density at radius 3 is 0.938 bits per heavy atom. The summed E-state index contributed by atoms with van der Waals surface area (Å²) in [5.41, 5.74) is 0. The summed E-state index contributed by atoms with van der Waals surface area (Å²) in [4.78, 5) is 96.1. The van der Waals surface area contributed by atoms with Crippen molar-refractivity contribution in [1.29, 1.82) is 0 Å². The van der Waals surface area contributed by atoms with Crippen LogP contribution in [0.4, 0.5) is 0 Å². The van der Waals surface area contributed by atoms with Gasteiger partial charge in [-0.25, -0.2) is 0 Å². The summed E-state index contributed by atoms with van der Waals surface area (Å²) < 4.78 is 54.8. The monoisotopic (exact) mass is 688 g/mol. The summed E-state index contributed by atoms with van der Waals surface area (Å²) in [5.74, 6) is -6.39. The van der Waals surface area contributed by atoms with E-state index in [1.54, 1.807) is 0 Å². The second kappa shape index (κ2) is 18.3. The number of hydrogen-bond acceptors (Lipinski definition) is 18. The van der Waals surface area contributed by atoms with Crippen molar-refractivity contribution in [3.05, 3.63) is 12.2 Å². The van der Waals surface area contributed by atoms with Crippen LogP contribution in [0.1, 0.15) is 68.2 Å². The van der Waals surface area contributed by atoms with E-state index in [-0.39, 0.29) is 25.0 Å². The van der Waals surface area contributed by atoms with Crippen LogP contribution in [0.3, 0.4) is 0 Å². The van der Waals surface area contributed by atoms with E-state index in [1.807, 2.05) is 0 Å². The molecule has 0 aromatic rings. The average Bonchev–Trinajstić information content (AvgIpc) is 2.93. The molecule has 0 bridgehead atoms. The van der Waals surface area contributed by atoms with Crippen LogP contribution in [0.2, 0.25) is 0 Å². The fourth-order valence-electron chi connectivity index (χ4n) is 5.03. The van der Waals surface area contributed by atoms with Gasteiger partial charge in [0.1, 0.15) is 37.6 Å². The number of rotatable bonds is 13. The molecule has 2 aliphatic heterocycles. The van der Waals surface area contributed by atoms with Gasteiger partial charge in [0, 0.05) is 55.4 Å². The van der Waals surface area contributed by atoms with Crippen LogP contribution >= 0.6 is 0 Å². The van der Waals surface area contributed by atoms with Crippen molar-refractivity contribution in [1.82, 2.24) is 0 Å². The standard InChI is InChI=1S/C30H40O18/c1-13(31)39-11-23-27(43-17(5)35)29(45-19(7)37)25(41-15(3)33)21(47-23)9-10-22-26(42-16(4)34)30(46-20(8)38)28(44-18(6)36)24(48-22)12-40-14(2)32/h23-30H,9-12H2,1-8H3/t23-,24-,25+,26+,27+,28+,29-,30-/m1/s1. The SMILES string of the molecule is CC(=O)OC[C@H]1O[C](CC[C]2O[C@H](COC(C)=O)[C@H](OC(C)=O)[C@H](OC(C)=O)[C@H]2OC(C)=O)[C@H](OC(C)=O)[C@@H](OC(C)=O)[C@H]1OC(C)=O. The highest BCUT2D eigenvalue weighted by atomic mass is 16.7. The maximum Gasteiger partial charge on any atom is 0.303 e. The number of ether oxygens (including phenoxy) is 10. The summed E-state index contributed by atoms with van der Waals surface area (Å²) in [6.45, 7) is 7.73. The van der Waals surface area contributed by atoms with E-state index in [4.69, 9.17) is 47.4 Å². The van der Waals surface area contributed by atoms with E-state index < -0.39 is 110 Å². The smallest absolute Gasteiger partial charge is 0.303 e. The fourth-order valence-corrected chi connectivity index (χ4v) is 5.03. The lowest BCUT2D eigenvalue weighted by molar-refractivity contribution is -0.234. The largest absolute Gasteiger partial charge is 0.463 e. The van der Waals surface area contributed by atoms with E-state index in [2.05, 4.69) is 0 Å². The fraction of sp³-hybridized carbons (Fsp3) is 0.667. The predicted molar refractivity (Wildman–Crippen MR) is 152 cm³/mol. The van der Waals surface area contributed by atoms with Gasteiger partial charge in [-0.3, -0.25) is 38.4 Å². The first-order valence-electron chi connectivity index (χ1n) is 14.7. The van der Waals surface area contributed by atoms with Crippen molar-refractivity contribution < 1.29 is 85.7 Å². The van der Waals surface area contributed by atoms with Crippen LogP contribution in [0.15, 0.2) is 0 Å². The first kappa shape index (κ1) is 39.9. The Bertz CT molecular complexity index is 1120.